The minimum absolute atomic E-state index is 0.0488. The Morgan fingerprint density at radius 1 is 0.981 bits per heavy atom. The number of benzene rings is 3. The number of hydrogen-bond acceptors (Lipinski definition) is 13. The van der Waals surface area contributed by atoms with Gasteiger partial charge >= 0.3 is 11.9 Å². The molecule has 1 fully saturated rings. The highest BCUT2D eigenvalue weighted by Gasteiger charge is 2.49. The predicted octanol–water partition coefficient (Wildman–Crippen LogP) is 4.43. The minimum Gasteiger partial charge on any atom is -0.490 e. The van der Waals surface area contributed by atoms with Crippen molar-refractivity contribution >= 4 is 39.3 Å². The molecule has 2 aliphatic rings. The Hall–Kier alpha value is -5.35. The smallest absolute Gasteiger partial charge is 0.339 e. The van der Waals surface area contributed by atoms with Gasteiger partial charge in [0.1, 0.15) is 28.1 Å². The first kappa shape index (κ1) is 37.9. The Morgan fingerprint density at radius 2 is 1.69 bits per heavy atom. The van der Waals surface area contributed by atoms with Crippen molar-refractivity contribution in [2.75, 3.05) is 18.6 Å². The first-order chi connectivity index (χ1) is 24.6. The fraction of sp³-hybridized carbons (Fsp3) is 0.389. The van der Waals surface area contributed by atoms with Crippen LogP contribution in [0.3, 0.4) is 0 Å². The highest BCUT2D eigenvalue weighted by Crippen LogP contribution is 2.41. The van der Waals surface area contributed by atoms with Crippen molar-refractivity contribution in [1.82, 2.24) is 4.90 Å². The molecule has 0 bridgehead atoms. The third-order valence-electron chi connectivity index (χ3n) is 8.90. The van der Waals surface area contributed by atoms with Crippen molar-refractivity contribution in [2.45, 2.75) is 58.8 Å². The van der Waals surface area contributed by atoms with Gasteiger partial charge in [-0.15, -0.1) is 0 Å². The summed E-state index contributed by atoms with van der Waals surface area (Å²) in [5.41, 5.74) is -0.322. The number of ether oxygens (including phenoxy) is 5. The number of esters is 2. The van der Waals surface area contributed by atoms with Gasteiger partial charge in [0.15, 0.2) is 17.6 Å². The molecule has 0 saturated carbocycles. The van der Waals surface area contributed by atoms with E-state index < -0.39 is 91.9 Å². The number of amides is 2. The van der Waals surface area contributed by atoms with Crippen LogP contribution in [0.5, 0.6) is 11.5 Å². The summed E-state index contributed by atoms with van der Waals surface area (Å²) in [7, 11) is -3.84. The molecule has 3 aromatic rings. The van der Waals surface area contributed by atoms with Crippen molar-refractivity contribution in [2.24, 2.45) is 11.8 Å². The van der Waals surface area contributed by atoms with Gasteiger partial charge in [0.2, 0.25) is 6.29 Å². The lowest BCUT2D eigenvalue weighted by Crippen LogP contribution is -2.56. The Balaban J connectivity index is 1.46. The van der Waals surface area contributed by atoms with Gasteiger partial charge in [-0.25, -0.2) is 13.2 Å². The number of nitro benzene ring substituents is 1. The molecule has 276 valence electrons. The molecule has 2 amide bonds. The first-order valence-electron chi connectivity index (χ1n) is 16.4. The maximum absolute atomic E-state index is 13.6. The van der Waals surface area contributed by atoms with E-state index in [4.69, 9.17) is 23.7 Å². The first-order valence-corrected chi connectivity index (χ1v) is 18.5. The summed E-state index contributed by atoms with van der Waals surface area (Å²) in [5.74, 6) is -4.67. The predicted molar refractivity (Wildman–Crippen MR) is 183 cm³/mol. The standard InChI is InChI=1S/C36H38N2O13S/c1-6-47-29-17-24(27(19-52(5,45)46)37-33(40)25-13-10-14-26(38(43)44)30(25)34(37)41)15-16-28(29)50-36-21(3)20(2)31(49-22(4)39)32(51-36)35(42)48-18-23-11-8-7-9-12-23/h7-17,20-21,27,31-32,36H,6,18-19H2,1-5H3/t20-,21-,27-,31+,32+,36-/m1/s1. The maximum atomic E-state index is 13.6. The Kier molecular flexibility index (Phi) is 11.3. The second-order valence-corrected chi connectivity index (χ2v) is 14.8. The van der Waals surface area contributed by atoms with Gasteiger partial charge in [-0.1, -0.05) is 56.3 Å². The molecule has 0 radical (unpaired) electrons. The van der Waals surface area contributed by atoms with Crippen molar-refractivity contribution in [1.29, 1.82) is 0 Å². The van der Waals surface area contributed by atoms with Crippen LogP contribution in [0.2, 0.25) is 0 Å². The summed E-state index contributed by atoms with van der Waals surface area (Å²) < 4.78 is 54.6. The number of hydrogen-bond donors (Lipinski definition) is 0. The molecule has 5 rings (SSSR count). The number of nitrogens with zero attached hydrogens (tertiary/aromatic N) is 2. The van der Waals surface area contributed by atoms with E-state index in [0.29, 0.717) is 4.90 Å². The van der Waals surface area contributed by atoms with E-state index in [1.807, 2.05) is 6.07 Å². The van der Waals surface area contributed by atoms with Gasteiger partial charge < -0.3 is 23.7 Å². The molecule has 52 heavy (non-hydrogen) atoms. The lowest BCUT2D eigenvalue weighted by Gasteiger charge is -2.42. The zero-order chi connectivity index (χ0) is 37.9. The number of rotatable bonds is 13. The molecule has 3 aromatic carbocycles. The van der Waals surface area contributed by atoms with Crippen molar-refractivity contribution in [3.8, 4) is 11.5 Å². The Morgan fingerprint density at radius 3 is 2.33 bits per heavy atom. The molecule has 0 unspecified atom stereocenters. The van der Waals surface area contributed by atoms with Gasteiger partial charge in [0, 0.05) is 31.1 Å². The van der Waals surface area contributed by atoms with Gasteiger partial charge in [-0.05, 0) is 36.2 Å². The van der Waals surface area contributed by atoms with Gasteiger partial charge in [-0.3, -0.25) is 29.4 Å². The summed E-state index contributed by atoms with van der Waals surface area (Å²) >= 11 is 0. The number of carbonyl (C=O) groups excluding carboxylic acids is 4. The van der Waals surface area contributed by atoms with Crippen molar-refractivity contribution in [3.63, 3.8) is 0 Å². The molecule has 0 N–H and O–H groups in total. The number of imide groups is 1. The molecule has 0 aromatic heterocycles. The van der Waals surface area contributed by atoms with Crippen molar-refractivity contribution in [3.05, 3.63) is 99.1 Å². The summed E-state index contributed by atoms with van der Waals surface area (Å²) in [4.78, 5) is 64.2. The minimum atomic E-state index is -3.84. The quantitative estimate of drug-likeness (QED) is 0.104. The van der Waals surface area contributed by atoms with E-state index in [0.717, 1.165) is 17.9 Å². The summed E-state index contributed by atoms with van der Waals surface area (Å²) in [6.07, 6.45) is -2.49. The van der Waals surface area contributed by atoms with Crippen LogP contribution in [0.1, 0.15) is 65.6 Å². The molecule has 1 saturated heterocycles. The van der Waals surface area contributed by atoms with E-state index in [9.17, 15) is 37.7 Å². The molecule has 15 nitrogen and oxygen atoms in total. The second kappa shape index (κ2) is 15.5. The van der Waals surface area contributed by atoms with Crippen LogP contribution in [-0.4, -0.2) is 79.1 Å². The van der Waals surface area contributed by atoms with Crippen LogP contribution in [0.15, 0.2) is 66.7 Å². The molecule has 16 heteroatoms. The second-order valence-electron chi connectivity index (χ2n) is 12.6. The number of fused-ring (bicyclic) bond motifs is 1. The number of nitro groups is 1. The molecular formula is C36H38N2O13S. The largest absolute Gasteiger partial charge is 0.490 e. The third kappa shape index (κ3) is 8.07. The average molecular weight is 739 g/mol. The molecule has 0 aliphatic carbocycles. The van der Waals surface area contributed by atoms with Crippen molar-refractivity contribution < 1.29 is 56.2 Å². The zero-order valence-electron chi connectivity index (χ0n) is 29.0. The number of carbonyl (C=O) groups is 4. The van der Waals surface area contributed by atoms with Crippen LogP contribution in [0.25, 0.3) is 0 Å². The Labute approximate surface area is 299 Å². The zero-order valence-corrected chi connectivity index (χ0v) is 29.9. The molecule has 6 atom stereocenters. The normalized spacial score (nSPS) is 21.9. The molecule has 0 spiro atoms. The molecule has 2 heterocycles. The summed E-state index contributed by atoms with van der Waals surface area (Å²) in [6, 6.07) is 15.5. The van der Waals surface area contributed by atoms with Crippen LogP contribution in [0.4, 0.5) is 5.69 Å². The van der Waals surface area contributed by atoms with Gasteiger partial charge in [0.05, 0.1) is 28.9 Å². The van der Waals surface area contributed by atoms with Crippen LogP contribution < -0.4 is 9.47 Å². The lowest BCUT2D eigenvalue weighted by molar-refractivity contribution is -0.385. The van der Waals surface area contributed by atoms with Gasteiger partial charge in [-0.2, -0.15) is 0 Å². The molecular weight excluding hydrogens is 700 g/mol. The third-order valence-corrected chi connectivity index (χ3v) is 9.82. The fourth-order valence-corrected chi connectivity index (χ4v) is 7.13. The molecule has 2 aliphatic heterocycles. The van der Waals surface area contributed by atoms with Crippen LogP contribution in [0, 0.1) is 22.0 Å². The highest BCUT2D eigenvalue weighted by atomic mass is 32.2. The van der Waals surface area contributed by atoms with E-state index >= 15 is 0 Å². The highest BCUT2D eigenvalue weighted by molar-refractivity contribution is 7.90. The van der Waals surface area contributed by atoms with E-state index in [-0.39, 0.29) is 35.8 Å². The SMILES string of the molecule is CCOc1cc([C@@H](CS(C)(=O)=O)N2C(=O)c3cccc([N+](=O)[O-])c3C2=O)ccc1O[C@@H]1O[C@H](C(=O)OCc2ccccc2)[C@@H](OC(C)=O)[C@H](C)[C@H]1C. The summed E-state index contributed by atoms with van der Waals surface area (Å²) in [6.45, 7) is 6.56. The van der Waals surface area contributed by atoms with Crippen LogP contribution >= 0.6 is 0 Å². The monoisotopic (exact) mass is 738 g/mol. The number of sulfone groups is 1. The van der Waals surface area contributed by atoms with Crippen LogP contribution in [-0.2, 0) is 40.2 Å². The van der Waals surface area contributed by atoms with E-state index in [2.05, 4.69) is 0 Å². The van der Waals surface area contributed by atoms with Gasteiger partial charge in [0.25, 0.3) is 17.5 Å². The Bertz CT molecular complexity index is 1980. The fourth-order valence-electron chi connectivity index (χ4n) is 6.22. The maximum Gasteiger partial charge on any atom is 0.339 e. The topological polar surface area (TPSA) is 195 Å². The van der Waals surface area contributed by atoms with E-state index in [1.165, 1.54) is 37.3 Å². The van der Waals surface area contributed by atoms with E-state index in [1.54, 1.807) is 45.0 Å². The summed E-state index contributed by atoms with van der Waals surface area (Å²) in [5, 5.41) is 11.7. The average Bonchev–Trinajstić information content (AvgIpc) is 3.35. The lowest BCUT2D eigenvalue weighted by atomic mass is 9.84.